The molecule has 3 nitrogen and oxygen atoms in total. The lowest BCUT2D eigenvalue weighted by molar-refractivity contribution is -0.143. The van der Waals surface area contributed by atoms with Gasteiger partial charge in [0.15, 0.2) is 0 Å². The monoisotopic (exact) mass is 269 g/mol. The van der Waals surface area contributed by atoms with Crippen LogP contribution in [0, 0.1) is 0 Å². The molecule has 17 heavy (non-hydrogen) atoms. The Balaban J connectivity index is 2.10. The van der Waals surface area contributed by atoms with Gasteiger partial charge in [-0.15, -0.1) is 11.3 Å². The highest BCUT2D eigenvalue weighted by Gasteiger charge is 2.08. The van der Waals surface area contributed by atoms with Gasteiger partial charge >= 0.3 is 5.97 Å². The van der Waals surface area contributed by atoms with Crippen LogP contribution in [0.1, 0.15) is 18.2 Å². The molecule has 0 aliphatic heterocycles. The second-order valence-corrected chi connectivity index (χ2v) is 5.07. The molecule has 0 aliphatic carbocycles. The number of hydrogen-bond acceptors (Lipinski definition) is 4. The maximum absolute atomic E-state index is 11.2. The molecule has 2 rings (SSSR count). The molecular formula is C12H12ClNO2S. The molecule has 2 aromatic heterocycles. The minimum Gasteiger partial charge on any atom is -0.466 e. The molecule has 0 spiro atoms. The molecule has 2 aromatic rings. The number of esters is 1. The summed E-state index contributed by atoms with van der Waals surface area (Å²) in [7, 11) is 0. The van der Waals surface area contributed by atoms with Gasteiger partial charge in [0.2, 0.25) is 0 Å². The fourth-order valence-corrected chi connectivity index (χ4v) is 2.83. The molecule has 0 saturated heterocycles. The van der Waals surface area contributed by atoms with Crippen LogP contribution in [0.3, 0.4) is 0 Å². The van der Waals surface area contributed by atoms with Crippen molar-refractivity contribution in [3.05, 3.63) is 28.2 Å². The van der Waals surface area contributed by atoms with E-state index in [2.05, 4.69) is 4.98 Å². The van der Waals surface area contributed by atoms with Crippen LogP contribution >= 0.6 is 22.9 Å². The predicted octanol–water partition coefficient (Wildman–Crippen LogP) is 3.45. The highest BCUT2D eigenvalue weighted by Crippen LogP contribution is 2.30. The average molecular weight is 270 g/mol. The Morgan fingerprint density at radius 2 is 2.41 bits per heavy atom. The van der Waals surface area contributed by atoms with Crippen molar-refractivity contribution in [1.82, 2.24) is 4.98 Å². The van der Waals surface area contributed by atoms with Gasteiger partial charge in [0.1, 0.15) is 0 Å². The Bertz CT molecular complexity index is 538. The Kier molecular flexibility index (Phi) is 3.97. The average Bonchev–Trinajstić information content (AvgIpc) is 2.71. The summed E-state index contributed by atoms with van der Waals surface area (Å²) >= 11 is 7.64. The van der Waals surface area contributed by atoms with Crippen molar-refractivity contribution in [3.63, 3.8) is 0 Å². The highest BCUT2D eigenvalue weighted by atomic mass is 35.5. The van der Waals surface area contributed by atoms with E-state index in [1.165, 1.54) is 0 Å². The summed E-state index contributed by atoms with van der Waals surface area (Å²) in [5.74, 6) is -0.163. The lowest BCUT2D eigenvalue weighted by atomic mass is 10.2. The Hall–Kier alpha value is -1.13. The van der Waals surface area contributed by atoms with E-state index < -0.39 is 0 Å². The van der Waals surface area contributed by atoms with E-state index in [4.69, 9.17) is 16.3 Å². The number of fused-ring (bicyclic) bond motifs is 1. The predicted molar refractivity (Wildman–Crippen MR) is 69.6 cm³/mol. The lowest BCUT2D eigenvalue weighted by Crippen LogP contribution is -2.04. The van der Waals surface area contributed by atoms with Gasteiger partial charge in [-0.2, -0.15) is 0 Å². The van der Waals surface area contributed by atoms with E-state index in [0.29, 0.717) is 24.5 Å². The van der Waals surface area contributed by atoms with E-state index in [1.807, 2.05) is 6.07 Å². The second-order valence-electron chi connectivity index (χ2n) is 3.52. The molecule has 5 heteroatoms. The van der Waals surface area contributed by atoms with Gasteiger partial charge in [-0.25, -0.2) is 0 Å². The SMILES string of the molecule is CCOC(=O)CCc1cc2nccc(Cl)c2s1. The molecule has 0 bridgehead atoms. The molecule has 0 saturated carbocycles. The molecule has 0 fully saturated rings. The van der Waals surface area contributed by atoms with Gasteiger partial charge < -0.3 is 4.74 Å². The number of halogens is 1. The Morgan fingerprint density at radius 1 is 1.59 bits per heavy atom. The van der Waals surface area contributed by atoms with Crippen molar-refractivity contribution < 1.29 is 9.53 Å². The first-order valence-corrected chi connectivity index (χ1v) is 6.58. The van der Waals surface area contributed by atoms with Crippen LogP contribution in [0.2, 0.25) is 5.02 Å². The number of aryl methyl sites for hydroxylation is 1. The topological polar surface area (TPSA) is 39.2 Å². The fourth-order valence-electron chi connectivity index (χ4n) is 1.54. The van der Waals surface area contributed by atoms with Crippen molar-refractivity contribution in [3.8, 4) is 0 Å². The number of nitrogens with zero attached hydrogens (tertiary/aromatic N) is 1. The maximum atomic E-state index is 11.2. The van der Waals surface area contributed by atoms with Gasteiger partial charge in [-0.05, 0) is 25.5 Å². The van der Waals surface area contributed by atoms with Crippen LogP contribution in [0.15, 0.2) is 18.3 Å². The number of pyridine rings is 1. The normalized spacial score (nSPS) is 10.7. The van der Waals surface area contributed by atoms with Crippen LogP contribution in [-0.2, 0) is 16.0 Å². The molecule has 0 unspecified atom stereocenters. The third-order valence-corrected chi connectivity index (χ3v) is 3.94. The Labute approximate surface area is 108 Å². The summed E-state index contributed by atoms with van der Waals surface area (Å²) in [4.78, 5) is 16.6. The molecule has 0 N–H and O–H groups in total. The van der Waals surface area contributed by atoms with Gasteiger partial charge in [-0.1, -0.05) is 11.6 Å². The van der Waals surface area contributed by atoms with Gasteiger partial charge in [0.25, 0.3) is 0 Å². The first kappa shape index (κ1) is 12.3. The first-order valence-electron chi connectivity index (χ1n) is 5.39. The van der Waals surface area contributed by atoms with Gasteiger partial charge in [0, 0.05) is 11.1 Å². The van der Waals surface area contributed by atoms with Crippen LogP contribution < -0.4 is 0 Å². The summed E-state index contributed by atoms with van der Waals surface area (Å²) in [6, 6.07) is 3.75. The summed E-state index contributed by atoms with van der Waals surface area (Å²) < 4.78 is 5.87. The Morgan fingerprint density at radius 3 is 3.12 bits per heavy atom. The number of hydrogen-bond donors (Lipinski definition) is 0. The third kappa shape index (κ3) is 2.96. The zero-order valence-corrected chi connectivity index (χ0v) is 11.0. The van der Waals surface area contributed by atoms with Crippen LogP contribution in [-0.4, -0.2) is 17.6 Å². The number of thiophene rings is 1. The second kappa shape index (κ2) is 5.47. The van der Waals surface area contributed by atoms with Gasteiger partial charge in [-0.3, -0.25) is 9.78 Å². The zero-order valence-electron chi connectivity index (χ0n) is 9.40. The minimum absolute atomic E-state index is 0.163. The van der Waals surface area contributed by atoms with Crippen molar-refractivity contribution in [2.24, 2.45) is 0 Å². The molecule has 90 valence electrons. The van der Waals surface area contributed by atoms with Crippen LogP contribution in [0.4, 0.5) is 0 Å². The maximum Gasteiger partial charge on any atom is 0.306 e. The van der Waals surface area contributed by atoms with E-state index in [1.54, 1.807) is 30.5 Å². The third-order valence-electron chi connectivity index (χ3n) is 2.30. The van der Waals surface area contributed by atoms with Crippen LogP contribution in [0.25, 0.3) is 10.2 Å². The fraction of sp³-hybridized carbons (Fsp3) is 0.333. The molecule has 0 atom stereocenters. The van der Waals surface area contributed by atoms with Crippen molar-refractivity contribution in [1.29, 1.82) is 0 Å². The summed E-state index contributed by atoms with van der Waals surface area (Å²) in [5, 5.41) is 0.711. The summed E-state index contributed by atoms with van der Waals surface area (Å²) in [6.07, 6.45) is 2.76. The molecular weight excluding hydrogens is 258 g/mol. The first-order chi connectivity index (χ1) is 8.20. The summed E-state index contributed by atoms with van der Waals surface area (Å²) in [6.45, 7) is 2.24. The van der Waals surface area contributed by atoms with E-state index in [0.717, 1.165) is 15.1 Å². The van der Waals surface area contributed by atoms with E-state index >= 15 is 0 Å². The lowest BCUT2D eigenvalue weighted by Gasteiger charge is -1.99. The molecule has 0 aliphatic rings. The molecule has 0 aromatic carbocycles. The van der Waals surface area contributed by atoms with Gasteiger partial charge in [0.05, 0.1) is 28.3 Å². The number of carbonyl (C=O) groups excluding carboxylic acids is 1. The molecule has 2 heterocycles. The van der Waals surface area contributed by atoms with Crippen LogP contribution in [0.5, 0.6) is 0 Å². The summed E-state index contributed by atoms with van der Waals surface area (Å²) in [5.41, 5.74) is 0.890. The highest BCUT2D eigenvalue weighted by molar-refractivity contribution is 7.19. The molecule has 0 radical (unpaired) electrons. The van der Waals surface area contributed by atoms with E-state index in [9.17, 15) is 4.79 Å². The number of rotatable bonds is 4. The van der Waals surface area contributed by atoms with Crippen molar-refractivity contribution in [2.45, 2.75) is 19.8 Å². The smallest absolute Gasteiger partial charge is 0.306 e. The van der Waals surface area contributed by atoms with Crippen molar-refractivity contribution in [2.75, 3.05) is 6.61 Å². The number of carbonyl (C=O) groups is 1. The minimum atomic E-state index is -0.163. The molecule has 0 amide bonds. The zero-order chi connectivity index (χ0) is 12.3. The number of aromatic nitrogens is 1. The van der Waals surface area contributed by atoms with Crippen molar-refractivity contribution >= 4 is 39.1 Å². The standard InChI is InChI=1S/C12H12ClNO2S/c1-2-16-11(15)4-3-8-7-10-12(17-8)9(13)5-6-14-10/h5-7H,2-4H2,1H3. The quantitative estimate of drug-likeness (QED) is 0.798. The largest absolute Gasteiger partial charge is 0.466 e. The van der Waals surface area contributed by atoms with E-state index in [-0.39, 0.29) is 5.97 Å². The number of ether oxygens (including phenoxy) is 1.